The van der Waals surface area contributed by atoms with Gasteiger partial charge < -0.3 is 24.3 Å². The van der Waals surface area contributed by atoms with E-state index in [1.165, 1.54) is 0 Å². The fourth-order valence-electron chi connectivity index (χ4n) is 2.74. The summed E-state index contributed by atoms with van der Waals surface area (Å²) in [4.78, 5) is 36.8. The molecule has 0 aliphatic carbocycles. The van der Waals surface area contributed by atoms with Gasteiger partial charge in [0.05, 0.1) is 18.9 Å². The zero-order valence-corrected chi connectivity index (χ0v) is 13.2. The van der Waals surface area contributed by atoms with Crippen molar-refractivity contribution in [3.63, 3.8) is 0 Å². The lowest BCUT2D eigenvalue weighted by atomic mass is 10.1. The molecule has 2 heterocycles. The Hall–Kier alpha value is -2.45. The molecular formula is C16H17NO7. The quantitative estimate of drug-likeness (QED) is 0.809. The van der Waals surface area contributed by atoms with E-state index < -0.39 is 35.8 Å². The van der Waals surface area contributed by atoms with E-state index in [2.05, 4.69) is 5.32 Å². The first-order chi connectivity index (χ1) is 11.5. The average Bonchev–Trinajstić information content (AvgIpc) is 3.09. The number of carbonyl (C=O) groups is 3. The molecule has 2 unspecified atom stereocenters. The Kier molecular flexibility index (Phi) is 4.25. The Morgan fingerprint density at radius 1 is 1.08 bits per heavy atom. The zero-order valence-electron chi connectivity index (χ0n) is 13.2. The molecule has 1 amide bonds. The van der Waals surface area contributed by atoms with Gasteiger partial charge in [0.2, 0.25) is 0 Å². The Morgan fingerprint density at radius 2 is 1.62 bits per heavy atom. The van der Waals surface area contributed by atoms with Crippen LogP contribution in [0.4, 0.5) is 5.69 Å². The number of ether oxygens (including phenoxy) is 4. The van der Waals surface area contributed by atoms with E-state index in [1.807, 2.05) is 0 Å². The molecule has 1 fully saturated rings. The van der Waals surface area contributed by atoms with Gasteiger partial charge in [0.25, 0.3) is 11.7 Å². The average molecular weight is 335 g/mol. The van der Waals surface area contributed by atoms with Crippen molar-refractivity contribution in [3.8, 4) is 0 Å². The number of nitrogens with one attached hydrogen (secondary N) is 1. The van der Waals surface area contributed by atoms with E-state index >= 15 is 0 Å². The van der Waals surface area contributed by atoms with Crippen LogP contribution in [0.5, 0.6) is 0 Å². The van der Waals surface area contributed by atoms with Crippen molar-refractivity contribution in [1.82, 2.24) is 0 Å². The van der Waals surface area contributed by atoms with Gasteiger partial charge in [-0.3, -0.25) is 4.79 Å². The molecule has 1 aromatic carbocycles. The van der Waals surface area contributed by atoms with Crippen LogP contribution in [-0.4, -0.2) is 43.3 Å². The van der Waals surface area contributed by atoms with Crippen LogP contribution in [-0.2, 0) is 39.1 Å². The highest BCUT2D eigenvalue weighted by Crippen LogP contribution is 2.46. The molecule has 2 aliphatic rings. The minimum absolute atomic E-state index is 0.101. The number of amides is 1. The standard InChI is InChI=1S/C16H17NO7/c1-3-21-13(18)11-12(14(19)22-4-2)24-16(23-11)9-7-5-6-8-10(9)17-15(16)20/h5-8,11-12H,3-4H2,1-2H3,(H,17,20). The van der Waals surface area contributed by atoms with Crippen LogP contribution in [0.25, 0.3) is 0 Å². The fourth-order valence-corrected chi connectivity index (χ4v) is 2.74. The summed E-state index contributed by atoms with van der Waals surface area (Å²) in [5.41, 5.74) is 0.894. The molecule has 0 bridgehead atoms. The number of rotatable bonds is 4. The third-order valence-electron chi connectivity index (χ3n) is 3.73. The molecule has 2 atom stereocenters. The van der Waals surface area contributed by atoms with Crippen LogP contribution >= 0.6 is 0 Å². The maximum Gasteiger partial charge on any atom is 0.338 e. The summed E-state index contributed by atoms with van der Waals surface area (Å²) in [7, 11) is 0. The molecule has 0 saturated carbocycles. The van der Waals surface area contributed by atoms with Crippen LogP contribution < -0.4 is 5.32 Å². The van der Waals surface area contributed by atoms with Crippen molar-refractivity contribution in [2.24, 2.45) is 0 Å². The monoisotopic (exact) mass is 335 g/mol. The number of carbonyl (C=O) groups excluding carboxylic acids is 3. The molecule has 0 aromatic heterocycles. The predicted molar refractivity (Wildman–Crippen MR) is 79.8 cm³/mol. The predicted octanol–water partition coefficient (Wildman–Crippen LogP) is 0.702. The molecular weight excluding hydrogens is 318 g/mol. The van der Waals surface area contributed by atoms with Crippen molar-refractivity contribution in [3.05, 3.63) is 29.8 Å². The summed E-state index contributed by atoms with van der Waals surface area (Å²) in [6.07, 6.45) is -2.78. The Balaban J connectivity index is 1.99. The fraction of sp³-hybridized carbons (Fsp3) is 0.438. The van der Waals surface area contributed by atoms with Crippen molar-refractivity contribution >= 4 is 23.5 Å². The normalized spacial score (nSPS) is 27.7. The van der Waals surface area contributed by atoms with Crippen LogP contribution in [0.2, 0.25) is 0 Å². The first-order valence-corrected chi connectivity index (χ1v) is 7.63. The number of benzene rings is 1. The summed E-state index contributed by atoms with van der Waals surface area (Å²) >= 11 is 0. The third kappa shape index (κ3) is 2.44. The number of esters is 2. The van der Waals surface area contributed by atoms with E-state index in [0.29, 0.717) is 11.3 Å². The second-order valence-corrected chi connectivity index (χ2v) is 5.20. The molecule has 24 heavy (non-hydrogen) atoms. The summed E-state index contributed by atoms with van der Waals surface area (Å²) < 4.78 is 21.1. The van der Waals surface area contributed by atoms with Crippen molar-refractivity contribution in [1.29, 1.82) is 0 Å². The van der Waals surface area contributed by atoms with Crippen molar-refractivity contribution in [2.45, 2.75) is 31.8 Å². The van der Waals surface area contributed by atoms with E-state index in [9.17, 15) is 14.4 Å². The number of hydrogen-bond acceptors (Lipinski definition) is 7. The maximum absolute atomic E-state index is 12.4. The molecule has 8 heteroatoms. The Labute approximate surface area is 138 Å². The molecule has 128 valence electrons. The van der Waals surface area contributed by atoms with Gasteiger partial charge in [0.15, 0.2) is 12.2 Å². The number of hydrogen-bond donors (Lipinski definition) is 1. The van der Waals surface area contributed by atoms with Gasteiger partial charge >= 0.3 is 11.9 Å². The minimum Gasteiger partial charge on any atom is -0.464 e. The second-order valence-electron chi connectivity index (χ2n) is 5.20. The molecule has 3 rings (SSSR count). The van der Waals surface area contributed by atoms with Crippen LogP contribution in [0.15, 0.2) is 24.3 Å². The second kappa shape index (κ2) is 6.21. The largest absolute Gasteiger partial charge is 0.464 e. The van der Waals surface area contributed by atoms with Gasteiger partial charge in [-0.15, -0.1) is 0 Å². The van der Waals surface area contributed by atoms with Crippen molar-refractivity contribution < 1.29 is 33.3 Å². The number of fused-ring (bicyclic) bond motifs is 2. The molecule has 8 nitrogen and oxygen atoms in total. The minimum atomic E-state index is -1.87. The highest BCUT2D eigenvalue weighted by Gasteiger charge is 2.62. The van der Waals surface area contributed by atoms with Crippen LogP contribution in [0.3, 0.4) is 0 Å². The highest BCUT2D eigenvalue weighted by atomic mass is 16.8. The summed E-state index contributed by atoms with van der Waals surface area (Å²) in [6.45, 7) is 3.45. The molecule has 1 spiro atoms. The summed E-state index contributed by atoms with van der Waals surface area (Å²) in [6, 6.07) is 6.73. The Bertz CT molecular complexity index is 661. The molecule has 1 aromatic rings. The molecule has 0 radical (unpaired) electrons. The lowest BCUT2D eigenvalue weighted by Gasteiger charge is -2.20. The third-order valence-corrected chi connectivity index (χ3v) is 3.73. The maximum atomic E-state index is 12.4. The van der Waals surface area contributed by atoms with E-state index in [1.54, 1.807) is 38.1 Å². The lowest BCUT2D eigenvalue weighted by Crippen LogP contribution is -2.39. The smallest absolute Gasteiger partial charge is 0.338 e. The summed E-state index contributed by atoms with van der Waals surface area (Å²) in [5, 5.41) is 2.62. The molecule has 1 saturated heterocycles. The first-order valence-electron chi connectivity index (χ1n) is 7.63. The van der Waals surface area contributed by atoms with E-state index in [4.69, 9.17) is 18.9 Å². The topological polar surface area (TPSA) is 100 Å². The van der Waals surface area contributed by atoms with Gasteiger partial charge in [-0.05, 0) is 19.9 Å². The lowest BCUT2D eigenvalue weighted by molar-refractivity contribution is -0.194. The van der Waals surface area contributed by atoms with Gasteiger partial charge in [0, 0.05) is 5.56 Å². The van der Waals surface area contributed by atoms with Gasteiger partial charge in [0.1, 0.15) is 0 Å². The summed E-state index contributed by atoms with van der Waals surface area (Å²) in [5.74, 6) is -4.05. The van der Waals surface area contributed by atoms with E-state index in [-0.39, 0.29) is 13.2 Å². The Morgan fingerprint density at radius 3 is 2.17 bits per heavy atom. The SMILES string of the molecule is CCOC(=O)C1OC2(OC1C(=O)OCC)C(=O)Nc1ccccc12. The number of anilines is 1. The van der Waals surface area contributed by atoms with Crippen molar-refractivity contribution in [2.75, 3.05) is 18.5 Å². The highest BCUT2D eigenvalue weighted by molar-refractivity contribution is 6.05. The van der Waals surface area contributed by atoms with Crippen LogP contribution in [0, 0.1) is 0 Å². The molecule has 1 N–H and O–H groups in total. The van der Waals surface area contributed by atoms with Gasteiger partial charge in [-0.1, -0.05) is 18.2 Å². The van der Waals surface area contributed by atoms with Gasteiger partial charge in [-0.2, -0.15) is 0 Å². The van der Waals surface area contributed by atoms with Crippen LogP contribution in [0.1, 0.15) is 19.4 Å². The molecule has 2 aliphatic heterocycles. The zero-order chi connectivity index (χ0) is 17.3. The first kappa shape index (κ1) is 16.4. The van der Waals surface area contributed by atoms with E-state index in [0.717, 1.165) is 0 Å². The van der Waals surface area contributed by atoms with Gasteiger partial charge in [-0.25, -0.2) is 9.59 Å². The number of para-hydroxylation sites is 1.